The van der Waals surface area contributed by atoms with E-state index >= 15 is 0 Å². The Morgan fingerprint density at radius 3 is 2.34 bits per heavy atom. The van der Waals surface area contributed by atoms with Crippen LogP contribution in [-0.4, -0.2) is 36.1 Å². The second-order valence-corrected chi connectivity index (χ2v) is 6.93. The van der Waals surface area contributed by atoms with Crippen molar-refractivity contribution in [1.82, 2.24) is 4.90 Å². The molecule has 0 bridgehead atoms. The Balaban J connectivity index is 1.68. The molecule has 3 rings (SSSR count). The normalized spacial score (nSPS) is 13.9. The highest BCUT2D eigenvalue weighted by atomic mass is 16.2. The van der Waals surface area contributed by atoms with Crippen molar-refractivity contribution in [2.75, 3.05) is 18.9 Å². The van der Waals surface area contributed by atoms with E-state index in [-0.39, 0.29) is 24.1 Å². The largest absolute Gasteiger partial charge is 0.388 e. The average molecular weight is 388 g/mol. The first-order valence-electron chi connectivity index (χ1n) is 9.54. The van der Waals surface area contributed by atoms with E-state index in [4.69, 9.17) is 0 Å². The van der Waals surface area contributed by atoms with Gasteiger partial charge in [0.2, 0.25) is 0 Å². The predicted octanol–water partition coefficient (Wildman–Crippen LogP) is 4.27. The van der Waals surface area contributed by atoms with Crippen LogP contribution in [0.5, 0.6) is 0 Å². The molecule has 1 heterocycles. The summed E-state index contributed by atoms with van der Waals surface area (Å²) in [5.41, 5.74) is 4.42. The number of benzene rings is 2. The lowest BCUT2D eigenvalue weighted by Gasteiger charge is -2.11. The highest BCUT2D eigenvalue weighted by molar-refractivity contribution is 6.22. The van der Waals surface area contributed by atoms with Crippen LogP contribution in [0.1, 0.15) is 50.5 Å². The Labute approximate surface area is 170 Å². The molecule has 2 aromatic rings. The van der Waals surface area contributed by atoms with Gasteiger partial charge in [-0.15, -0.1) is 0 Å². The van der Waals surface area contributed by atoms with Crippen molar-refractivity contribution < 1.29 is 14.4 Å². The molecule has 0 atom stereocenters. The maximum Gasteiger partial charge on any atom is 0.261 e. The van der Waals surface area contributed by atoms with Crippen molar-refractivity contribution >= 4 is 23.3 Å². The highest BCUT2D eigenvalue weighted by Gasteiger charge is 2.35. The molecular formula is C24H24N2O3. The lowest BCUT2D eigenvalue weighted by Crippen LogP contribution is -2.29. The number of anilines is 1. The van der Waals surface area contributed by atoms with Gasteiger partial charge in [0, 0.05) is 24.8 Å². The number of nitrogens with one attached hydrogen (secondary N) is 1. The maximum absolute atomic E-state index is 12.6. The molecule has 5 heteroatoms. The summed E-state index contributed by atoms with van der Waals surface area (Å²) in [6.07, 6.45) is 6.55. The molecule has 0 spiro atoms. The number of rotatable bonds is 7. The molecule has 0 saturated heterocycles. The molecule has 1 aliphatic heterocycles. The van der Waals surface area contributed by atoms with Crippen LogP contribution >= 0.6 is 0 Å². The van der Waals surface area contributed by atoms with Crippen molar-refractivity contribution in [2.24, 2.45) is 0 Å². The fraction of sp³-hybridized carbons (Fsp3) is 0.208. The number of allylic oxidation sites excluding steroid dienone is 3. The molecule has 1 N–H and O–H groups in total. The van der Waals surface area contributed by atoms with Gasteiger partial charge in [0.05, 0.1) is 11.1 Å². The Bertz CT molecular complexity index is 1020. The van der Waals surface area contributed by atoms with Gasteiger partial charge in [-0.25, -0.2) is 0 Å². The number of imide groups is 1. The van der Waals surface area contributed by atoms with Gasteiger partial charge in [-0.05, 0) is 55.7 Å². The molecule has 1 aliphatic rings. The second kappa shape index (κ2) is 8.69. The third-order valence-corrected chi connectivity index (χ3v) is 5.02. The molecule has 0 radical (unpaired) electrons. The molecule has 0 saturated carbocycles. The summed E-state index contributed by atoms with van der Waals surface area (Å²) in [5, 5.41) is 3.10. The molecular weight excluding hydrogens is 364 g/mol. The minimum Gasteiger partial charge on any atom is -0.388 e. The fourth-order valence-corrected chi connectivity index (χ4v) is 3.27. The minimum absolute atomic E-state index is 0.133. The van der Waals surface area contributed by atoms with Crippen LogP contribution in [0.3, 0.4) is 0 Å². The third kappa shape index (κ3) is 4.35. The molecule has 0 aliphatic carbocycles. The third-order valence-electron chi connectivity index (χ3n) is 5.02. The van der Waals surface area contributed by atoms with Crippen molar-refractivity contribution in [2.45, 2.75) is 20.3 Å². The Hall–Kier alpha value is -3.47. The number of hydrogen-bond acceptors (Lipinski definition) is 4. The first kappa shape index (κ1) is 20.3. The lowest BCUT2D eigenvalue weighted by atomic mass is 10.0. The number of Topliss-reactive ketones (excluding diaryl/α,β-unsaturated/α-hetero) is 1. The Kier molecular flexibility index (Phi) is 6.07. The van der Waals surface area contributed by atoms with E-state index in [0.717, 1.165) is 17.7 Å². The number of carbonyl (C=O) groups is 3. The van der Waals surface area contributed by atoms with Gasteiger partial charge < -0.3 is 5.32 Å². The quantitative estimate of drug-likeness (QED) is 0.437. The fourth-order valence-electron chi connectivity index (χ4n) is 3.27. The molecule has 148 valence electrons. The van der Waals surface area contributed by atoms with Gasteiger partial charge >= 0.3 is 0 Å². The first-order chi connectivity index (χ1) is 13.9. The van der Waals surface area contributed by atoms with Crippen molar-refractivity contribution in [3.63, 3.8) is 0 Å². The van der Waals surface area contributed by atoms with E-state index in [9.17, 15) is 14.4 Å². The average Bonchev–Trinajstić information content (AvgIpc) is 2.97. The van der Waals surface area contributed by atoms with Crippen LogP contribution < -0.4 is 5.32 Å². The van der Waals surface area contributed by atoms with E-state index in [1.807, 2.05) is 44.3 Å². The monoisotopic (exact) mass is 388 g/mol. The molecule has 0 unspecified atom stereocenters. The Morgan fingerprint density at radius 2 is 1.72 bits per heavy atom. The van der Waals surface area contributed by atoms with Gasteiger partial charge in [0.1, 0.15) is 0 Å². The summed E-state index contributed by atoms with van der Waals surface area (Å²) >= 11 is 0. The van der Waals surface area contributed by atoms with Crippen molar-refractivity contribution in [3.8, 4) is 0 Å². The van der Waals surface area contributed by atoms with Crippen molar-refractivity contribution in [1.29, 1.82) is 0 Å². The number of ketones is 1. The van der Waals surface area contributed by atoms with E-state index in [2.05, 4.69) is 17.4 Å². The zero-order valence-corrected chi connectivity index (χ0v) is 16.9. The van der Waals surface area contributed by atoms with Gasteiger partial charge in [-0.3, -0.25) is 19.3 Å². The molecule has 2 amide bonds. The molecule has 29 heavy (non-hydrogen) atoms. The SMILES string of the molecule is C/C=C(\C=C/CN1C(=O)c2ccc(C(C)=O)cc2C1=O)Cc1ccc(NC)cc1. The van der Waals surface area contributed by atoms with Crippen LogP contribution in [0.2, 0.25) is 0 Å². The van der Waals surface area contributed by atoms with Crippen LogP contribution in [0.15, 0.2) is 66.3 Å². The summed E-state index contributed by atoms with van der Waals surface area (Å²) in [6, 6.07) is 12.8. The second-order valence-electron chi connectivity index (χ2n) is 6.93. The van der Waals surface area contributed by atoms with E-state index in [0.29, 0.717) is 16.7 Å². The number of nitrogens with zero attached hydrogens (tertiary/aromatic N) is 1. The van der Waals surface area contributed by atoms with E-state index < -0.39 is 0 Å². The first-order valence-corrected chi connectivity index (χ1v) is 9.54. The van der Waals surface area contributed by atoms with Crippen LogP contribution in [0, 0.1) is 0 Å². The standard InChI is InChI=1S/C24H24N2O3/c1-4-17(14-18-7-10-20(25-3)11-8-18)6-5-13-26-23(28)21-12-9-19(16(2)27)15-22(21)24(26)29/h4-12,15,25H,13-14H2,1-3H3/b6-5-,17-4+. The minimum atomic E-state index is -0.359. The summed E-state index contributed by atoms with van der Waals surface area (Å²) < 4.78 is 0. The lowest BCUT2D eigenvalue weighted by molar-refractivity contribution is 0.0671. The van der Waals surface area contributed by atoms with Crippen LogP contribution in [0.4, 0.5) is 5.69 Å². The predicted molar refractivity (Wildman–Crippen MR) is 114 cm³/mol. The zero-order valence-electron chi connectivity index (χ0n) is 16.9. The van der Waals surface area contributed by atoms with Gasteiger partial charge in [0.15, 0.2) is 5.78 Å². The van der Waals surface area contributed by atoms with Gasteiger partial charge in [-0.2, -0.15) is 0 Å². The Morgan fingerprint density at radius 1 is 1.03 bits per heavy atom. The highest BCUT2D eigenvalue weighted by Crippen LogP contribution is 2.24. The summed E-state index contributed by atoms with van der Waals surface area (Å²) in [5.74, 6) is -0.816. The zero-order chi connectivity index (χ0) is 21.0. The number of hydrogen-bond donors (Lipinski definition) is 1. The van der Waals surface area contributed by atoms with Gasteiger partial charge in [-0.1, -0.05) is 36.4 Å². The van der Waals surface area contributed by atoms with Crippen LogP contribution in [-0.2, 0) is 6.42 Å². The topological polar surface area (TPSA) is 66.5 Å². The number of carbonyl (C=O) groups excluding carboxylic acids is 3. The molecule has 0 aromatic heterocycles. The van der Waals surface area contributed by atoms with E-state index in [1.165, 1.54) is 23.5 Å². The summed E-state index contributed by atoms with van der Waals surface area (Å²) in [7, 11) is 1.88. The number of amides is 2. The summed E-state index contributed by atoms with van der Waals surface area (Å²) in [6.45, 7) is 3.60. The van der Waals surface area contributed by atoms with Crippen molar-refractivity contribution in [3.05, 3.63) is 88.5 Å². The van der Waals surface area contributed by atoms with Crippen LogP contribution in [0.25, 0.3) is 0 Å². The smallest absolute Gasteiger partial charge is 0.261 e. The van der Waals surface area contributed by atoms with E-state index in [1.54, 1.807) is 12.1 Å². The molecule has 5 nitrogen and oxygen atoms in total. The molecule has 2 aromatic carbocycles. The number of fused-ring (bicyclic) bond motifs is 1. The maximum atomic E-state index is 12.6. The van der Waals surface area contributed by atoms with Gasteiger partial charge in [0.25, 0.3) is 11.8 Å². The summed E-state index contributed by atoms with van der Waals surface area (Å²) in [4.78, 5) is 37.9. The molecule has 0 fully saturated rings.